The van der Waals surface area contributed by atoms with Gasteiger partial charge in [0.2, 0.25) is 0 Å². The maximum atomic E-state index is 6.35. The molecule has 0 aliphatic heterocycles. The van der Waals surface area contributed by atoms with Crippen molar-refractivity contribution in [3.8, 4) is 16.9 Å². The van der Waals surface area contributed by atoms with E-state index in [9.17, 15) is 0 Å². The molecular formula is C39H27NO2. The van der Waals surface area contributed by atoms with Crippen molar-refractivity contribution >= 4 is 60.5 Å². The van der Waals surface area contributed by atoms with E-state index in [1.165, 1.54) is 32.7 Å². The van der Waals surface area contributed by atoms with Gasteiger partial charge in [-0.3, -0.25) is 0 Å². The van der Waals surface area contributed by atoms with E-state index in [2.05, 4.69) is 126 Å². The van der Waals surface area contributed by atoms with Crippen molar-refractivity contribution in [3.05, 3.63) is 146 Å². The first kappa shape index (κ1) is 24.3. The lowest BCUT2D eigenvalue weighted by atomic mass is 9.91. The smallest absolute Gasteiger partial charge is 0.137 e. The SMILES string of the molecule is COc1ccc(N(c2ccc3ccccc3c2-c2cccc3ccccc23)c2cccc3oc4ccccc4c23)cc1. The van der Waals surface area contributed by atoms with Gasteiger partial charge in [-0.05, 0) is 75.6 Å². The Kier molecular flexibility index (Phi) is 5.68. The second-order valence-corrected chi connectivity index (χ2v) is 10.5. The molecule has 0 N–H and O–H groups in total. The van der Waals surface area contributed by atoms with Crippen LogP contribution in [0, 0.1) is 0 Å². The number of nitrogens with zero attached hydrogens (tertiary/aromatic N) is 1. The number of furan rings is 1. The molecule has 0 spiro atoms. The number of hydrogen-bond acceptors (Lipinski definition) is 3. The molecule has 0 radical (unpaired) electrons. The lowest BCUT2D eigenvalue weighted by molar-refractivity contribution is 0.415. The molecule has 0 amide bonds. The molecule has 0 saturated heterocycles. The van der Waals surface area contributed by atoms with Crippen molar-refractivity contribution < 1.29 is 9.15 Å². The fourth-order valence-corrected chi connectivity index (χ4v) is 6.25. The van der Waals surface area contributed by atoms with Crippen LogP contribution in [0.25, 0.3) is 54.6 Å². The average Bonchev–Trinajstić information content (AvgIpc) is 3.44. The van der Waals surface area contributed by atoms with Gasteiger partial charge in [0, 0.05) is 16.6 Å². The van der Waals surface area contributed by atoms with Gasteiger partial charge >= 0.3 is 0 Å². The van der Waals surface area contributed by atoms with E-state index in [0.29, 0.717) is 0 Å². The fraction of sp³-hybridized carbons (Fsp3) is 0.0256. The van der Waals surface area contributed by atoms with Gasteiger partial charge in [-0.25, -0.2) is 0 Å². The highest BCUT2D eigenvalue weighted by molar-refractivity contribution is 6.16. The van der Waals surface area contributed by atoms with Crippen LogP contribution in [0.5, 0.6) is 5.75 Å². The zero-order chi connectivity index (χ0) is 28.0. The number of fused-ring (bicyclic) bond motifs is 5. The zero-order valence-electron chi connectivity index (χ0n) is 23.1. The Labute approximate surface area is 243 Å². The van der Waals surface area contributed by atoms with Crippen LogP contribution in [0.3, 0.4) is 0 Å². The number of methoxy groups -OCH3 is 1. The van der Waals surface area contributed by atoms with Gasteiger partial charge in [-0.15, -0.1) is 0 Å². The number of anilines is 3. The largest absolute Gasteiger partial charge is 0.497 e. The molecule has 0 aliphatic carbocycles. The maximum Gasteiger partial charge on any atom is 0.137 e. The highest BCUT2D eigenvalue weighted by atomic mass is 16.5. The van der Waals surface area contributed by atoms with Crippen molar-refractivity contribution in [1.82, 2.24) is 0 Å². The Morgan fingerprint density at radius 3 is 1.95 bits per heavy atom. The number of hydrogen-bond donors (Lipinski definition) is 0. The van der Waals surface area contributed by atoms with Crippen LogP contribution >= 0.6 is 0 Å². The predicted octanol–water partition coefficient (Wildman–Crippen LogP) is 11.0. The first-order valence-corrected chi connectivity index (χ1v) is 14.1. The van der Waals surface area contributed by atoms with Crippen LogP contribution in [0.15, 0.2) is 150 Å². The van der Waals surface area contributed by atoms with Gasteiger partial charge < -0.3 is 14.1 Å². The average molecular weight is 542 g/mol. The van der Waals surface area contributed by atoms with E-state index in [1.54, 1.807) is 7.11 Å². The molecule has 3 nitrogen and oxygen atoms in total. The van der Waals surface area contributed by atoms with Crippen LogP contribution in [0.4, 0.5) is 17.1 Å². The summed E-state index contributed by atoms with van der Waals surface area (Å²) in [6.45, 7) is 0. The Bertz CT molecular complexity index is 2240. The van der Waals surface area contributed by atoms with Crippen LogP contribution in [0.2, 0.25) is 0 Å². The van der Waals surface area contributed by atoms with Crippen LogP contribution < -0.4 is 9.64 Å². The van der Waals surface area contributed by atoms with Crippen LogP contribution in [-0.2, 0) is 0 Å². The summed E-state index contributed by atoms with van der Waals surface area (Å²) in [5.74, 6) is 0.818. The van der Waals surface area contributed by atoms with Gasteiger partial charge in [-0.2, -0.15) is 0 Å². The lowest BCUT2D eigenvalue weighted by Crippen LogP contribution is -2.12. The third-order valence-electron chi connectivity index (χ3n) is 8.16. The molecule has 0 bridgehead atoms. The minimum Gasteiger partial charge on any atom is -0.497 e. The van der Waals surface area contributed by atoms with Crippen molar-refractivity contribution in [2.45, 2.75) is 0 Å². The molecule has 1 heterocycles. The Morgan fingerprint density at radius 1 is 0.500 bits per heavy atom. The standard InChI is InChI=1S/C39H27NO2/c1-41-29-23-21-28(22-24-29)40(34-17-9-19-37-39(34)33-15-6-7-18-36(33)42-37)35-25-20-27-11-3-5-14-31(27)38(35)32-16-8-12-26-10-2-4-13-30(26)32/h2-25H,1H3. The monoisotopic (exact) mass is 541 g/mol. The summed E-state index contributed by atoms with van der Waals surface area (Å²) >= 11 is 0. The summed E-state index contributed by atoms with van der Waals surface area (Å²) < 4.78 is 11.9. The number of benzene rings is 7. The molecule has 0 atom stereocenters. The minimum atomic E-state index is 0.818. The lowest BCUT2D eigenvalue weighted by Gasteiger charge is -2.29. The molecule has 1 aromatic heterocycles. The first-order valence-electron chi connectivity index (χ1n) is 14.1. The molecule has 0 aliphatic rings. The van der Waals surface area contributed by atoms with Gasteiger partial charge in [-0.1, -0.05) is 97.1 Å². The van der Waals surface area contributed by atoms with Gasteiger partial charge in [0.1, 0.15) is 16.9 Å². The first-order chi connectivity index (χ1) is 20.8. The highest BCUT2D eigenvalue weighted by Crippen LogP contribution is 2.48. The van der Waals surface area contributed by atoms with Gasteiger partial charge in [0.05, 0.1) is 23.9 Å². The Balaban J connectivity index is 1.51. The van der Waals surface area contributed by atoms with Crippen molar-refractivity contribution in [2.24, 2.45) is 0 Å². The highest BCUT2D eigenvalue weighted by Gasteiger charge is 2.23. The molecule has 42 heavy (non-hydrogen) atoms. The topological polar surface area (TPSA) is 25.6 Å². The van der Waals surface area contributed by atoms with Crippen LogP contribution in [0.1, 0.15) is 0 Å². The summed E-state index contributed by atoms with van der Waals surface area (Å²) in [4.78, 5) is 2.37. The maximum absolute atomic E-state index is 6.35. The molecule has 200 valence electrons. The minimum absolute atomic E-state index is 0.818. The van der Waals surface area contributed by atoms with E-state index >= 15 is 0 Å². The summed E-state index contributed by atoms with van der Waals surface area (Å²) in [6.07, 6.45) is 0. The molecule has 7 aromatic carbocycles. The van der Waals surface area contributed by atoms with Crippen molar-refractivity contribution in [1.29, 1.82) is 0 Å². The molecule has 0 unspecified atom stereocenters. The van der Waals surface area contributed by atoms with Gasteiger partial charge in [0.15, 0.2) is 0 Å². The normalized spacial score (nSPS) is 11.5. The molecule has 8 rings (SSSR count). The molecule has 8 aromatic rings. The van der Waals surface area contributed by atoms with Crippen LogP contribution in [-0.4, -0.2) is 7.11 Å². The van der Waals surface area contributed by atoms with E-state index in [0.717, 1.165) is 44.8 Å². The second-order valence-electron chi connectivity index (χ2n) is 10.5. The predicted molar refractivity (Wildman–Crippen MR) is 175 cm³/mol. The molecule has 0 saturated carbocycles. The number of para-hydroxylation sites is 1. The van der Waals surface area contributed by atoms with E-state index in [-0.39, 0.29) is 0 Å². The fourth-order valence-electron chi connectivity index (χ4n) is 6.25. The Hall–Kier alpha value is -5.54. The van der Waals surface area contributed by atoms with Gasteiger partial charge in [0.25, 0.3) is 0 Å². The van der Waals surface area contributed by atoms with E-state index in [1.807, 2.05) is 24.3 Å². The van der Waals surface area contributed by atoms with Crippen molar-refractivity contribution in [3.63, 3.8) is 0 Å². The van der Waals surface area contributed by atoms with Crippen molar-refractivity contribution in [2.75, 3.05) is 12.0 Å². The molecular weight excluding hydrogens is 514 g/mol. The Morgan fingerprint density at radius 2 is 1.14 bits per heavy atom. The summed E-state index contributed by atoms with van der Waals surface area (Å²) in [5.41, 5.74) is 7.30. The zero-order valence-corrected chi connectivity index (χ0v) is 23.1. The van der Waals surface area contributed by atoms with E-state index in [4.69, 9.17) is 9.15 Å². The number of ether oxygens (including phenoxy) is 1. The third kappa shape index (κ3) is 3.82. The summed E-state index contributed by atoms with van der Waals surface area (Å²) in [6, 6.07) is 51.2. The quantitative estimate of drug-likeness (QED) is 0.217. The van der Waals surface area contributed by atoms with E-state index < -0.39 is 0 Å². The number of rotatable bonds is 5. The third-order valence-corrected chi connectivity index (χ3v) is 8.16. The second kappa shape index (κ2) is 9.83. The summed E-state index contributed by atoms with van der Waals surface area (Å²) in [7, 11) is 1.70. The molecule has 3 heteroatoms. The molecule has 0 fully saturated rings. The summed E-state index contributed by atoms with van der Waals surface area (Å²) in [5, 5.41) is 7.02.